The number of carbonyl (C=O) groups is 2. The molecule has 0 fully saturated rings. The fourth-order valence-electron chi connectivity index (χ4n) is 1.74. The van der Waals surface area contributed by atoms with Crippen LogP contribution < -0.4 is 10.5 Å². The Balaban J connectivity index is 2.66. The van der Waals surface area contributed by atoms with Gasteiger partial charge in [-0.25, -0.2) is 9.59 Å². The number of alkyl halides is 2. The van der Waals surface area contributed by atoms with Crippen LogP contribution in [0.4, 0.5) is 13.6 Å². The summed E-state index contributed by atoms with van der Waals surface area (Å²) in [6.07, 6.45) is 1.03. The number of amides is 1. The fraction of sp³-hybridized carbons (Fsp3) is 0.0909. The second-order valence-corrected chi connectivity index (χ2v) is 3.61. The highest BCUT2D eigenvalue weighted by Crippen LogP contribution is 2.26. The zero-order chi connectivity index (χ0) is 14.2. The molecule has 0 unspecified atom stereocenters. The first-order valence-corrected chi connectivity index (χ1v) is 5.03. The van der Waals surface area contributed by atoms with Crippen molar-refractivity contribution in [3.05, 3.63) is 30.0 Å². The van der Waals surface area contributed by atoms with Crippen LogP contribution in [0.3, 0.4) is 0 Å². The van der Waals surface area contributed by atoms with Gasteiger partial charge >= 0.3 is 18.6 Å². The standard InChI is InChI=1S/C11H8F2N2O4/c12-10(13)19-5-1-2-6-7(9(16)17)4-15(11(14)18)8(6)3-5/h1-4,10H,(H2,14,18)(H,16,17). The maximum Gasteiger partial charge on any atom is 0.387 e. The summed E-state index contributed by atoms with van der Waals surface area (Å²) in [5, 5.41) is 9.18. The average molecular weight is 270 g/mol. The molecule has 8 heteroatoms. The van der Waals surface area contributed by atoms with E-state index in [1.165, 1.54) is 12.1 Å². The van der Waals surface area contributed by atoms with Crippen molar-refractivity contribution in [2.75, 3.05) is 0 Å². The van der Waals surface area contributed by atoms with Gasteiger partial charge in [-0.15, -0.1) is 0 Å². The number of fused-ring (bicyclic) bond motifs is 1. The van der Waals surface area contributed by atoms with E-state index in [0.29, 0.717) is 0 Å². The lowest BCUT2D eigenvalue weighted by molar-refractivity contribution is -0.0497. The molecule has 0 aliphatic carbocycles. The third-order valence-electron chi connectivity index (χ3n) is 2.47. The van der Waals surface area contributed by atoms with Gasteiger partial charge < -0.3 is 15.6 Å². The van der Waals surface area contributed by atoms with Crippen LogP contribution in [-0.2, 0) is 0 Å². The first-order valence-electron chi connectivity index (χ1n) is 5.03. The van der Waals surface area contributed by atoms with Crippen LogP contribution in [-0.4, -0.2) is 28.3 Å². The van der Waals surface area contributed by atoms with Gasteiger partial charge in [0.25, 0.3) is 0 Å². The Hall–Kier alpha value is -2.64. The van der Waals surface area contributed by atoms with Gasteiger partial charge in [0, 0.05) is 17.6 Å². The number of hydrogen-bond donors (Lipinski definition) is 2. The molecule has 0 atom stereocenters. The number of ether oxygens (including phenoxy) is 1. The first kappa shape index (κ1) is 12.8. The molecule has 1 heterocycles. The molecular weight excluding hydrogens is 262 g/mol. The summed E-state index contributed by atoms with van der Waals surface area (Å²) < 4.78 is 29.2. The van der Waals surface area contributed by atoms with E-state index in [-0.39, 0.29) is 22.2 Å². The average Bonchev–Trinajstić information content (AvgIpc) is 2.66. The number of carbonyl (C=O) groups excluding carboxylic acids is 1. The normalized spacial score (nSPS) is 10.9. The summed E-state index contributed by atoms with van der Waals surface area (Å²) in [4.78, 5) is 22.2. The number of aromatic carboxylic acids is 1. The number of nitrogens with two attached hydrogens (primary N) is 1. The van der Waals surface area contributed by atoms with Gasteiger partial charge in [-0.2, -0.15) is 8.78 Å². The van der Waals surface area contributed by atoms with Crippen LogP contribution in [0.15, 0.2) is 24.4 Å². The summed E-state index contributed by atoms with van der Waals surface area (Å²) >= 11 is 0. The molecule has 0 aliphatic rings. The van der Waals surface area contributed by atoms with Crippen molar-refractivity contribution in [1.29, 1.82) is 0 Å². The lowest BCUT2D eigenvalue weighted by Crippen LogP contribution is -2.18. The van der Waals surface area contributed by atoms with Crippen molar-refractivity contribution in [2.45, 2.75) is 6.61 Å². The highest BCUT2D eigenvalue weighted by molar-refractivity contribution is 6.06. The zero-order valence-corrected chi connectivity index (χ0v) is 9.34. The van der Waals surface area contributed by atoms with Crippen LogP contribution in [0.25, 0.3) is 10.9 Å². The number of nitrogens with zero attached hydrogens (tertiary/aromatic N) is 1. The molecule has 2 aromatic rings. The molecule has 100 valence electrons. The fourth-order valence-corrected chi connectivity index (χ4v) is 1.74. The highest BCUT2D eigenvalue weighted by atomic mass is 19.3. The van der Waals surface area contributed by atoms with Crippen molar-refractivity contribution in [1.82, 2.24) is 4.57 Å². The van der Waals surface area contributed by atoms with Crippen LogP contribution >= 0.6 is 0 Å². The minimum absolute atomic E-state index is 0.0862. The highest BCUT2D eigenvalue weighted by Gasteiger charge is 2.17. The number of rotatable bonds is 3. The predicted octanol–water partition coefficient (Wildman–Crippen LogP) is 1.87. The second kappa shape index (κ2) is 4.56. The summed E-state index contributed by atoms with van der Waals surface area (Å²) in [6.45, 7) is -3.02. The smallest absolute Gasteiger partial charge is 0.387 e. The van der Waals surface area contributed by atoms with Crippen LogP contribution in [0.2, 0.25) is 0 Å². The number of benzene rings is 1. The molecule has 0 saturated heterocycles. The third kappa shape index (κ3) is 2.32. The topological polar surface area (TPSA) is 94.6 Å². The number of hydrogen-bond acceptors (Lipinski definition) is 3. The molecule has 6 nitrogen and oxygen atoms in total. The number of carboxylic acids is 1. The largest absolute Gasteiger partial charge is 0.478 e. The summed E-state index contributed by atoms with van der Waals surface area (Å²) in [6, 6.07) is 2.66. The molecule has 1 aromatic carbocycles. The monoisotopic (exact) mass is 270 g/mol. The quantitative estimate of drug-likeness (QED) is 0.890. The maximum atomic E-state index is 12.1. The van der Waals surface area contributed by atoms with Gasteiger partial charge in [0.1, 0.15) is 5.75 Å². The Morgan fingerprint density at radius 1 is 1.37 bits per heavy atom. The first-order chi connectivity index (χ1) is 8.90. The van der Waals surface area contributed by atoms with Crippen molar-refractivity contribution < 1.29 is 28.2 Å². The van der Waals surface area contributed by atoms with Crippen molar-refractivity contribution >= 4 is 22.9 Å². The van der Waals surface area contributed by atoms with E-state index in [1.54, 1.807) is 0 Å². The molecule has 2 rings (SSSR count). The Morgan fingerprint density at radius 2 is 2.05 bits per heavy atom. The van der Waals surface area contributed by atoms with Crippen molar-refractivity contribution in [3.63, 3.8) is 0 Å². The minimum Gasteiger partial charge on any atom is -0.478 e. The Bertz CT molecular complexity index is 666. The van der Waals surface area contributed by atoms with E-state index in [0.717, 1.165) is 16.8 Å². The minimum atomic E-state index is -3.02. The summed E-state index contributed by atoms with van der Waals surface area (Å²) in [5.74, 6) is -1.45. The van der Waals surface area contributed by atoms with E-state index < -0.39 is 18.6 Å². The Kier molecular flexibility index (Phi) is 3.07. The van der Waals surface area contributed by atoms with E-state index in [9.17, 15) is 18.4 Å². The molecule has 0 radical (unpaired) electrons. The van der Waals surface area contributed by atoms with Gasteiger partial charge in [-0.05, 0) is 12.1 Å². The second-order valence-electron chi connectivity index (χ2n) is 3.61. The molecule has 0 aliphatic heterocycles. The van der Waals surface area contributed by atoms with Gasteiger partial charge in [-0.1, -0.05) is 0 Å². The molecule has 19 heavy (non-hydrogen) atoms. The Morgan fingerprint density at radius 3 is 2.58 bits per heavy atom. The summed E-state index contributed by atoms with van der Waals surface area (Å²) in [7, 11) is 0. The van der Waals surface area contributed by atoms with Crippen LogP contribution in [0, 0.1) is 0 Å². The van der Waals surface area contributed by atoms with Crippen LogP contribution in [0.5, 0.6) is 5.75 Å². The van der Waals surface area contributed by atoms with E-state index >= 15 is 0 Å². The summed E-state index contributed by atoms with van der Waals surface area (Å²) in [5.41, 5.74) is 5.02. The molecule has 0 bridgehead atoms. The van der Waals surface area contributed by atoms with Gasteiger partial charge in [0.15, 0.2) is 0 Å². The van der Waals surface area contributed by atoms with Crippen molar-refractivity contribution in [3.8, 4) is 5.75 Å². The van der Waals surface area contributed by atoms with Gasteiger partial charge in [-0.3, -0.25) is 4.57 Å². The molecule has 1 aromatic heterocycles. The molecule has 0 saturated carbocycles. The van der Waals surface area contributed by atoms with Gasteiger partial charge in [0.2, 0.25) is 0 Å². The predicted molar refractivity (Wildman–Crippen MR) is 60.5 cm³/mol. The van der Waals surface area contributed by atoms with E-state index in [1.807, 2.05) is 0 Å². The third-order valence-corrected chi connectivity index (χ3v) is 2.47. The van der Waals surface area contributed by atoms with E-state index in [4.69, 9.17) is 10.8 Å². The van der Waals surface area contributed by atoms with E-state index in [2.05, 4.69) is 4.74 Å². The van der Waals surface area contributed by atoms with Crippen molar-refractivity contribution in [2.24, 2.45) is 5.73 Å². The Labute approximate surface area is 105 Å². The molecule has 1 amide bonds. The SMILES string of the molecule is NC(=O)n1cc(C(=O)O)c2ccc(OC(F)F)cc21. The number of halogens is 2. The molecular formula is C11H8F2N2O4. The molecule has 0 spiro atoms. The number of primary amides is 1. The lowest BCUT2D eigenvalue weighted by atomic mass is 10.2. The van der Waals surface area contributed by atoms with Gasteiger partial charge in [0.05, 0.1) is 11.1 Å². The van der Waals surface area contributed by atoms with Crippen LogP contribution in [0.1, 0.15) is 10.4 Å². The molecule has 3 N–H and O–H groups in total. The zero-order valence-electron chi connectivity index (χ0n) is 9.34. The lowest BCUT2D eigenvalue weighted by Gasteiger charge is -2.05. The maximum absolute atomic E-state index is 12.1. The number of aromatic nitrogens is 1. The number of carboxylic acid groups (broad SMARTS) is 1.